The zero-order chi connectivity index (χ0) is 11.3. The number of amides is 1. The van der Waals surface area contributed by atoms with Gasteiger partial charge in [0.05, 0.1) is 6.04 Å². The predicted octanol–water partition coefficient (Wildman–Crippen LogP) is 1.41. The van der Waals surface area contributed by atoms with Gasteiger partial charge in [-0.05, 0) is 12.0 Å². The molecule has 0 bridgehead atoms. The molecular weight excluding hydrogens is 194 g/mol. The standard InChI is InChI=1S/C11H13NO3/c1-12(11(14)15)10(8-13)7-9-5-3-2-4-6-9/h2-6,8,10H,7H2,1H3,(H,14,15)/t10-/m1/s1. The van der Waals surface area contributed by atoms with Crippen molar-refractivity contribution in [3.05, 3.63) is 35.9 Å². The molecule has 1 rings (SSSR count). The van der Waals surface area contributed by atoms with Crippen molar-refractivity contribution in [2.24, 2.45) is 0 Å². The number of hydrogen-bond donors (Lipinski definition) is 1. The first-order valence-corrected chi connectivity index (χ1v) is 4.60. The van der Waals surface area contributed by atoms with Crippen molar-refractivity contribution in [3.8, 4) is 0 Å². The van der Waals surface area contributed by atoms with Crippen LogP contribution in [0.25, 0.3) is 0 Å². The Balaban J connectivity index is 2.70. The van der Waals surface area contributed by atoms with Crippen LogP contribution in [0, 0.1) is 0 Å². The Morgan fingerprint density at radius 1 is 1.47 bits per heavy atom. The van der Waals surface area contributed by atoms with Gasteiger partial charge in [0.1, 0.15) is 6.29 Å². The lowest BCUT2D eigenvalue weighted by molar-refractivity contribution is -0.111. The van der Waals surface area contributed by atoms with Crippen LogP contribution >= 0.6 is 0 Å². The molecular formula is C11H13NO3. The monoisotopic (exact) mass is 207 g/mol. The average molecular weight is 207 g/mol. The minimum absolute atomic E-state index is 0.410. The van der Waals surface area contributed by atoms with E-state index in [2.05, 4.69) is 0 Å². The fraction of sp³-hybridized carbons (Fsp3) is 0.273. The fourth-order valence-electron chi connectivity index (χ4n) is 1.27. The van der Waals surface area contributed by atoms with E-state index >= 15 is 0 Å². The van der Waals surface area contributed by atoms with Gasteiger partial charge in [-0.1, -0.05) is 30.3 Å². The molecule has 1 atom stereocenters. The van der Waals surface area contributed by atoms with Crippen LogP contribution in [0.4, 0.5) is 4.79 Å². The smallest absolute Gasteiger partial charge is 0.407 e. The van der Waals surface area contributed by atoms with Gasteiger partial charge in [0.25, 0.3) is 0 Å². The number of carboxylic acid groups (broad SMARTS) is 1. The van der Waals surface area contributed by atoms with E-state index in [9.17, 15) is 9.59 Å². The van der Waals surface area contributed by atoms with Crippen molar-refractivity contribution in [3.63, 3.8) is 0 Å². The van der Waals surface area contributed by atoms with E-state index in [1.807, 2.05) is 30.3 Å². The highest BCUT2D eigenvalue weighted by molar-refractivity contribution is 5.71. The van der Waals surface area contributed by atoms with Crippen molar-refractivity contribution in [1.82, 2.24) is 4.90 Å². The molecule has 0 saturated carbocycles. The summed E-state index contributed by atoms with van der Waals surface area (Å²) in [5, 5.41) is 8.73. The van der Waals surface area contributed by atoms with Crippen molar-refractivity contribution in [2.45, 2.75) is 12.5 Å². The summed E-state index contributed by atoms with van der Waals surface area (Å²) in [7, 11) is 1.39. The number of hydrogen-bond acceptors (Lipinski definition) is 2. The van der Waals surface area contributed by atoms with Crippen LogP contribution in [-0.2, 0) is 11.2 Å². The van der Waals surface area contributed by atoms with Crippen LogP contribution in [0.15, 0.2) is 30.3 Å². The Hall–Kier alpha value is -1.84. The molecule has 0 fully saturated rings. The highest BCUT2D eigenvalue weighted by Crippen LogP contribution is 2.06. The summed E-state index contributed by atoms with van der Waals surface area (Å²) >= 11 is 0. The topological polar surface area (TPSA) is 57.6 Å². The first-order chi connectivity index (χ1) is 7.15. The molecule has 1 amide bonds. The largest absolute Gasteiger partial charge is 0.465 e. The van der Waals surface area contributed by atoms with Gasteiger partial charge in [-0.2, -0.15) is 0 Å². The summed E-state index contributed by atoms with van der Waals surface area (Å²) in [6, 6.07) is 8.71. The molecule has 80 valence electrons. The molecule has 15 heavy (non-hydrogen) atoms. The zero-order valence-electron chi connectivity index (χ0n) is 8.46. The minimum atomic E-state index is -1.09. The summed E-state index contributed by atoms with van der Waals surface area (Å²) in [5.74, 6) is 0. The molecule has 0 aliphatic heterocycles. The molecule has 4 heteroatoms. The lowest BCUT2D eigenvalue weighted by Crippen LogP contribution is -2.38. The van der Waals surface area contributed by atoms with Gasteiger partial charge in [-0.25, -0.2) is 4.79 Å². The maximum atomic E-state index is 10.8. The Morgan fingerprint density at radius 2 is 2.07 bits per heavy atom. The number of nitrogens with zero attached hydrogens (tertiary/aromatic N) is 1. The van der Waals surface area contributed by atoms with Crippen LogP contribution in [0.1, 0.15) is 5.56 Å². The lowest BCUT2D eigenvalue weighted by atomic mass is 10.1. The van der Waals surface area contributed by atoms with Gasteiger partial charge in [0, 0.05) is 7.05 Å². The van der Waals surface area contributed by atoms with Gasteiger partial charge in [-0.15, -0.1) is 0 Å². The number of benzene rings is 1. The summed E-state index contributed by atoms with van der Waals surface area (Å²) in [6.07, 6.45) is -0.0307. The van der Waals surface area contributed by atoms with E-state index < -0.39 is 12.1 Å². The summed E-state index contributed by atoms with van der Waals surface area (Å²) in [6.45, 7) is 0. The van der Waals surface area contributed by atoms with Crippen LogP contribution in [0.3, 0.4) is 0 Å². The van der Waals surface area contributed by atoms with Crippen LogP contribution in [0.2, 0.25) is 0 Å². The third kappa shape index (κ3) is 3.09. The minimum Gasteiger partial charge on any atom is -0.465 e. The Morgan fingerprint density at radius 3 is 2.53 bits per heavy atom. The Kier molecular flexibility index (Phi) is 3.85. The third-order valence-corrected chi connectivity index (χ3v) is 2.24. The maximum absolute atomic E-state index is 10.8. The maximum Gasteiger partial charge on any atom is 0.407 e. The molecule has 0 aromatic heterocycles. The number of aldehydes is 1. The van der Waals surface area contributed by atoms with E-state index in [1.54, 1.807) is 0 Å². The second-order valence-electron chi connectivity index (χ2n) is 3.29. The molecule has 0 aliphatic rings. The van der Waals surface area contributed by atoms with E-state index in [1.165, 1.54) is 7.05 Å². The average Bonchev–Trinajstić information content (AvgIpc) is 2.26. The van der Waals surface area contributed by atoms with Crippen LogP contribution < -0.4 is 0 Å². The van der Waals surface area contributed by atoms with Gasteiger partial charge in [-0.3, -0.25) is 0 Å². The van der Waals surface area contributed by atoms with E-state index in [-0.39, 0.29) is 0 Å². The highest BCUT2D eigenvalue weighted by atomic mass is 16.4. The molecule has 0 radical (unpaired) electrons. The van der Waals surface area contributed by atoms with E-state index in [0.29, 0.717) is 12.7 Å². The fourth-order valence-corrected chi connectivity index (χ4v) is 1.27. The number of likely N-dealkylation sites (N-methyl/N-ethyl adjacent to an activating group) is 1. The molecule has 0 spiro atoms. The summed E-state index contributed by atoms with van der Waals surface area (Å²) < 4.78 is 0. The molecule has 1 aromatic rings. The van der Waals surface area contributed by atoms with E-state index in [0.717, 1.165) is 10.5 Å². The first-order valence-electron chi connectivity index (χ1n) is 4.60. The van der Waals surface area contributed by atoms with Crippen molar-refractivity contribution in [1.29, 1.82) is 0 Å². The van der Waals surface area contributed by atoms with Crippen molar-refractivity contribution >= 4 is 12.4 Å². The first kappa shape index (κ1) is 11.2. The molecule has 0 aliphatic carbocycles. The number of carbonyl (C=O) groups excluding carboxylic acids is 1. The Bertz CT molecular complexity index is 337. The summed E-state index contributed by atoms with van der Waals surface area (Å²) in [5.41, 5.74) is 0.947. The molecule has 1 N–H and O–H groups in total. The second kappa shape index (κ2) is 5.14. The SMILES string of the molecule is CN(C(=O)O)[C@@H](C=O)Cc1ccccc1. The van der Waals surface area contributed by atoms with Crippen LogP contribution in [0.5, 0.6) is 0 Å². The number of carbonyl (C=O) groups is 2. The molecule has 4 nitrogen and oxygen atoms in total. The number of rotatable bonds is 4. The van der Waals surface area contributed by atoms with Crippen LogP contribution in [-0.4, -0.2) is 35.5 Å². The van der Waals surface area contributed by atoms with Gasteiger partial charge in [0.2, 0.25) is 0 Å². The van der Waals surface area contributed by atoms with E-state index in [4.69, 9.17) is 5.11 Å². The zero-order valence-corrected chi connectivity index (χ0v) is 8.46. The second-order valence-corrected chi connectivity index (χ2v) is 3.29. The van der Waals surface area contributed by atoms with Gasteiger partial charge >= 0.3 is 6.09 Å². The molecule has 0 heterocycles. The van der Waals surface area contributed by atoms with Gasteiger partial charge < -0.3 is 14.8 Å². The highest BCUT2D eigenvalue weighted by Gasteiger charge is 2.18. The molecule has 0 unspecified atom stereocenters. The predicted molar refractivity (Wildman–Crippen MR) is 55.8 cm³/mol. The van der Waals surface area contributed by atoms with Crippen molar-refractivity contribution < 1.29 is 14.7 Å². The molecule has 1 aromatic carbocycles. The van der Waals surface area contributed by atoms with Gasteiger partial charge in [0.15, 0.2) is 0 Å². The Labute approximate surface area is 88.1 Å². The van der Waals surface area contributed by atoms with Crippen molar-refractivity contribution in [2.75, 3.05) is 7.05 Å². The third-order valence-electron chi connectivity index (χ3n) is 2.24. The quantitative estimate of drug-likeness (QED) is 0.759. The lowest BCUT2D eigenvalue weighted by Gasteiger charge is -2.20. The molecule has 0 saturated heterocycles. The normalized spacial score (nSPS) is 11.8. The summed E-state index contributed by atoms with van der Waals surface area (Å²) in [4.78, 5) is 22.4.